The van der Waals surface area contributed by atoms with Crippen LogP contribution in [0.2, 0.25) is 0 Å². The number of thiophene rings is 1. The average molecular weight is 328 g/mol. The number of aliphatic hydroxyl groups is 1. The van der Waals surface area contributed by atoms with Gasteiger partial charge in [-0.3, -0.25) is 4.98 Å². The summed E-state index contributed by atoms with van der Waals surface area (Å²) in [5, 5.41) is 10.7. The maximum atomic E-state index is 9.59. The zero-order valence-electron chi connectivity index (χ0n) is 10.2. The Hall–Kier alpha value is -0.750. The van der Waals surface area contributed by atoms with Gasteiger partial charge in [0.05, 0.1) is 9.17 Å². The highest BCUT2D eigenvalue weighted by Gasteiger charge is 2.08. The molecule has 0 amide bonds. The van der Waals surface area contributed by atoms with Crippen LogP contribution in [0.4, 0.5) is 0 Å². The average Bonchev–Trinajstić information content (AvgIpc) is 2.74. The van der Waals surface area contributed by atoms with Crippen molar-refractivity contribution in [2.75, 3.05) is 6.61 Å². The SMILES string of the molecule is CCOC(O)/C=C(\C)c1cc2cncc(Br)c2s1. The number of rotatable bonds is 4. The maximum Gasteiger partial charge on any atom is 0.174 e. The molecule has 96 valence electrons. The Morgan fingerprint density at radius 3 is 3.06 bits per heavy atom. The zero-order chi connectivity index (χ0) is 13.1. The summed E-state index contributed by atoms with van der Waals surface area (Å²) in [6, 6.07) is 2.07. The summed E-state index contributed by atoms with van der Waals surface area (Å²) < 4.78 is 7.25. The van der Waals surface area contributed by atoms with Gasteiger partial charge < -0.3 is 9.84 Å². The lowest BCUT2D eigenvalue weighted by Gasteiger charge is -2.06. The lowest BCUT2D eigenvalue weighted by atomic mass is 10.2. The first kappa shape index (κ1) is 13.7. The van der Waals surface area contributed by atoms with E-state index in [1.807, 2.05) is 20.0 Å². The summed E-state index contributed by atoms with van der Waals surface area (Å²) in [5.74, 6) is 0. The van der Waals surface area contributed by atoms with Gasteiger partial charge in [-0.25, -0.2) is 0 Å². The van der Waals surface area contributed by atoms with E-state index in [-0.39, 0.29) is 0 Å². The van der Waals surface area contributed by atoms with Gasteiger partial charge in [0.2, 0.25) is 0 Å². The van der Waals surface area contributed by atoms with Crippen molar-refractivity contribution < 1.29 is 9.84 Å². The standard InChI is InChI=1S/C13H14BrNO2S/c1-3-17-12(16)4-8(2)11-5-9-6-15-7-10(14)13(9)18-11/h4-7,12,16H,3H2,1-2H3/b8-4+. The second-order valence-corrected chi connectivity index (χ2v) is 5.75. The van der Waals surface area contributed by atoms with Crippen LogP contribution >= 0.6 is 27.3 Å². The number of pyridine rings is 1. The van der Waals surface area contributed by atoms with Gasteiger partial charge in [-0.15, -0.1) is 11.3 Å². The van der Waals surface area contributed by atoms with Crippen molar-refractivity contribution in [2.24, 2.45) is 0 Å². The van der Waals surface area contributed by atoms with Crippen LogP contribution in [0.25, 0.3) is 15.7 Å². The first-order chi connectivity index (χ1) is 8.61. The molecule has 0 radical (unpaired) electrons. The largest absolute Gasteiger partial charge is 0.365 e. The summed E-state index contributed by atoms with van der Waals surface area (Å²) in [6.45, 7) is 4.32. The van der Waals surface area contributed by atoms with Gasteiger partial charge in [0.1, 0.15) is 0 Å². The predicted octanol–water partition coefficient (Wildman–Crippen LogP) is 3.82. The van der Waals surface area contributed by atoms with Crippen LogP contribution in [0.3, 0.4) is 0 Å². The normalized spacial score (nSPS) is 14.1. The third-order valence-corrected chi connectivity index (χ3v) is 4.68. The van der Waals surface area contributed by atoms with Gasteiger partial charge in [0.25, 0.3) is 0 Å². The van der Waals surface area contributed by atoms with Crippen molar-refractivity contribution in [3.05, 3.63) is 33.9 Å². The number of hydrogen-bond acceptors (Lipinski definition) is 4. The molecule has 2 aromatic rings. The minimum absolute atomic E-state index is 0.493. The van der Waals surface area contributed by atoms with Gasteiger partial charge in [0, 0.05) is 29.3 Å². The summed E-state index contributed by atoms with van der Waals surface area (Å²) in [5.41, 5.74) is 1.00. The number of aromatic nitrogens is 1. The van der Waals surface area contributed by atoms with Gasteiger partial charge in [-0.2, -0.15) is 0 Å². The predicted molar refractivity (Wildman–Crippen MR) is 78.6 cm³/mol. The smallest absolute Gasteiger partial charge is 0.174 e. The monoisotopic (exact) mass is 327 g/mol. The summed E-state index contributed by atoms with van der Waals surface area (Å²) in [7, 11) is 0. The maximum absolute atomic E-state index is 9.59. The molecule has 0 fully saturated rings. The Kier molecular flexibility index (Phi) is 4.50. The topological polar surface area (TPSA) is 42.4 Å². The van der Waals surface area contributed by atoms with Crippen molar-refractivity contribution in [3.63, 3.8) is 0 Å². The molecule has 0 aliphatic heterocycles. The molecule has 2 rings (SSSR count). The lowest BCUT2D eigenvalue weighted by Crippen LogP contribution is -2.07. The number of nitrogens with zero attached hydrogens (tertiary/aromatic N) is 1. The number of ether oxygens (including phenoxy) is 1. The molecular formula is C13H14BrNO2S. The molecule has 0 bridgehead atoms. The first-order valence-corrected chi connectivity index (χ1v) is 7.24. The van der Waals surface area contributed by atoms with Gasteiger partial charge in [-0.05, 0) is 47.5 Å². The van der Waals surface area contributed by atoms with E-state index in [4.69, 9.17) is 4.74 Å². The third kappa shape index (κ3) is 2.98. The van der Waals surface area contributed by atoms with Crippen LogP contribution in [0.1, 0.15) is 18.7 Å². The summed E-state index contributed by atoms with van der Waals surface area (Å²) >= 11 is 5.16. The van der Waals surface area contributed by atoms with E-state index in [2.05, 4.69) is 27.0 Å². The number of hydrogen-bond donors (Lipinski definition) is 1. The van der Waals surface area contributed by atoms with E-state index in [1.165, 1.54) is 4.70 Å². The van der Waals surface area contributed by atoms with Crippen LogP contribution in [0.5, 0.6) is 0 Å². The van der Waals surface area contributed by atoms with Gasteiger partial charge in [0.15, 0.2) is 6.29 Å². The molecule has 1 atom stereocenters. The van der Waals surface area contributed by atoms with Crippen LogP contribution in [0, 0.1) is 0 Å². The molecule has 0 saturated heterocycles. The Labute approximate surface area is 118 Å². The van der Waals surface area contributed by atoms with E-state index < -0.39 is 6.29 Å². The minimum Gasteiger partial charge on any atom is -0.365 e. The molecule has 0 spiro atoms. The van der Waals surface area contributed by atoms with Crippen LogP contribution in [-0.4, -0.2) is 23.0 Å². The summed E-state index contributed by atoms with van der Waals surface area (Å²) in [6.07, 6.45) is 4.50. The Morgan fingerprint density at radius 2 is 2.39 bits per heavy atom. The zero-order valence-corrected chi connectivity index (χ0v) is 12.6. The molecule has 18 heavy (non-hydrogen) atoms. The van der Waals surface area contributed by atoms with Crippen molar-refractivity contribution in [2.45, 2.75) is 20.1 Å². The number of halogens is 1. The second-order valence-electron chi connectivity index (χ2n) is 3.85. The van der Waals surface area contributed by atoms with Crippen LogP contribution < -0.4 is 0 Å². The molecule has 0 aliphatic rings. The first-order valence-electron chi connectivity index (χ1n) is 5.63. The lowest BCUT2D eigenvalue weighted by molar-refractivity contribution is -0.0583. The molecule has 2 aromatic heterocycles. The van der Waals surface area contributed by atoms with Crippen molar-refractivity contribution >= 4 is 42.9 Å². The van der Waals surface area contributed by atoms with E-state index in [9.17, 15) is 5.11 Å². The molecule has 3 nitrogen and oxygen atoms in total. The molecular weight excluding hydrogens is 314 g/mol. The van der Waals surface area contributed by atoms with Crippen LogP contribution in [0.15, 0.2) is 29.0 Å². The van der Waals surface area contributed by atoms with Crippen molar-refractivity contribution in [3.8, 4) is 0 Å². The van der Waals surface area contributed by atoms with E-state index in [0.717, 1.165) is 20.3 Å². The highest BCUT2D eigenvalue weighted by molar-refractivity contribution is 9.10. The Morgan fingerprint density at radius 1 is 1.61 bits per heavy atom. The quantitative estimate of drug-likeness (QED) is 0.868. The molecule has 1 N–H and O–H groups in total. The van der Waals surface area contributed by atoms with Gasteiger partial charge in [-0.1, -0.05) is 0 Å². The fourth-order valence-electron chi connectivity index (χ4n) is 1.64. The van der Waals surface area contributed by atoms with E-state index >= 15 is 0 Å². The van der Waals surface area contributed by atoms with E-state index in [0.29, 0.717) is 6.61 Å². The Bertz CT molecular complexity index is 579. The molecule has 0 aromatic carbocycles. The third-order valence-electron chi connectivity index (χ3n) is 2.50. The second kappa shape index (κ2) is 5.93. The van der Waals surface area contributed by atoms with E-state index in [1.54, 1.807) is 23.6 Å². The summed E-state index contributed by atoms with van der Waals surface area (Å²) in [4.78, 5) is 5.25. The molecule has 0 saturated carbocycles. The molecule has 5 heteroatoms. The molecule has 2 heterocycles. The van der Waals surface area contributed by atoms with Crippen molar-refractivity contribution in [1.29, 1.82) is 0 Å². The fraction of sp³-hybridized carbons (Fsp3) is 0.308. The molecule has 0 aliphatic carbocycles. The highest BCUT2D eigenvalue weighted by atomic mass is 79.9. The number of fused-ring (bicyclic) bond motifs is 1. The van der Waals surface area contributed by atoms with Gasteiger partial charge >= 0.3 is 0 Å². The van der Waals surface area contributed by atoms with Crippen molar-refractivity contribution in [1.82, 2.24) is 4.98 Å². The highest BCUT2D eigenvalue weighted by Crippen LogP contribution is 2.34. The fourth-order valence-corrected chi connectivity index (χ4v) is 3.24. The number of allylic oxidation sites excluding steroid dienone is 1. The van der Waals surface area contributed by atoms with Crippen LogP contribution in [-0.2, 0) is 4.74 Å². The molecule has 1 unspecified atom stereocenters. The Balaban J connectivity index is 2.34. The number of aliphatic hydroxyl groups excluding tert-OH is 1. The minimum atomic E-state index is -0.846.